The molecule has 0 aliphatic heterocycles. The molecule has 2 aromatic heterocycles. The van der Waals surface area contributed by atoms with Gasteiger partial charge in [0.1, 0.15) is 11.3 Å². The van der Waals surface area contributed by atoms with Crippen molar-refractivity contribution in [2.75, 3.05) is 12.8 Å². The van der Waals surface area contributed by atoms with E-state index in [4.69, 9.17) is 10.5 Å². The van der Waals surface area contributed by atoms with E-state index in [1.54, 1.807) is 7.11 Å². The summed E-state index contributed by atoms with van der Waals surface area (Å²) in [5.41, 5.74) is 9.60. The molecule has 7 heteroatoms. The number of benzene rings is 1. The lowest BCUT2D eigenvalue weighted by Crippen LogP contribution is -2.06. The first-order chi connectivity index (χ1) is 10.0. The molecule has 2 heterocycles. The van der Waals surface area contributed by atoms with E-state index in [0.29, 0.717) is 5.95 Å². The van der Waals surface area contributed by atoms with Gasteiger partial charge in [-0.25, -0.2) is 9.67 Å². The summed E-state index contributed by atoms with van der Waals surface area (Å²) in [5.74, 6) is 1.19. The summed E-state index contributed by atoms with van der Waals surface area (Å²) in [5, 5.41) is 4.50. The molecule has 6 nitrogen and oxygen atoms in total. The fraction of sp³-hybridized carbons (Fsp3) is 0.286. The SMILES string of the molecule is CCn1nc(C)c2nc(N)n(-c3cc(Br)cc(OC)c3)c21. The smallest absolute Gasteiger partial charge is 0.207 e. The van der Waals surface area contributed by atoms with Crippen molar-refractivity contribution in [1.82, 2.24) is 19.3 Å². The summed E-state index contributed by atoms with van der Waals surface area (Å²) in [6.07, 6.45) is 0. The van der Waals surface area contributed by atoms with Gasteiger partial charge in [-0.05, 0) is 26.0 Å². The lowest BCUT2D eigenvalue weighted by Gasteiger charge is -2.10. The first-order valence-electron chi connectivity index (χ1n) is 6.61. The number of nitrogen functional groups attached to an aromatic ring is 1. The van der Waals surface area contributed by atoms with Crippen LogP contribution in [-0.4, -0.2) is 26.4 Å². The highest BCUT2D eigenvalue weighted by Gasteiger charge is 2.18. The second-order valence-electron chi connectivity index (χ2n) is 4.73. The Hall–Kier alpha value is -2.02. The van der Waals surface area contributed by atoms with Crippen molar-refractivity contribution in [1.29, 1.82) is 0 Å². The summed E-state index contributed by atoms with van der Waals surface area (Å²) in [6, 6.07) is 5.79. The van der Waals surface area contributed by atoms with Crippen LogP contribution in [0, 0.1) is 6.92 Å². The minimum Gasteiger partial charge on any atom is -0.497 e. The fourth-order valence-corrected chi connectivity index (χ4v) is 2.92. The Labute approximate surface area is 130 Å². The predicted molar refractivity (Wildman–Crippen MR) is 85.9 cm³/mol. The Morgan fingerprint density at radius 3 is 2.76 bits per heavy atom. The van der Waals surface area contributed by atoms with Crippen LogP contribution in [0.5, 0.6) is 5.75 Å². The van der Waals surface area contributed by atoms with Gasteiger partial charge in [-0.2, -0.15) is 5.10 Å². The molecule has 0 fully saturated rings. The van der Waals surface area contributed by atoms with E-state index >= 15 is 0 Å². The zero-order valence-corrected chi connectivity index (χ0v) is 13.7. The largest absolute Gasteiger partial charge is 0.497 e. The molecule has 0 aliphatic rings. The second-order valence-corrected chi connectivity index (χ2v) is 5.64. The molecule has 0 saturated carbocycles. The van der Waals surface area contributed by atoms with E-state index in [1.807, 2.05) is 41.3 Å². The van der Waals surface area contributed by atoms with Gasteiger partial charge in [0.15, 0.2) is 5.65 Å². The first kappa shape index (κ1) is 13.9. The standard InChI is InChI=1S/C14H16BrN5O/c1-4-19-13-12(8(2)18-19)17-14(16)20(13)10-5-9(15)6-11(7-10)21-3/h5-7H,4H2,1-3H3,(H2,16,17). The molecule has 3 rings (SSSR count). The molecule has 0 radical (unpaired) electrons. The Morgan fingerprint density at radius 1 is 1.33 bits per heavy atom. The normalized spacial score (nSPS) is 11.2. The molecule has 0 aliphatic carbocycles. The van der Waals surface area contributed by atoms with E-state index in [-0.39, 0.29) is 0 Å². The van der Waals surface area contributed by atoms with Gasteiger partial charge in [-0.15, -0.1) is 0 Å². The van der Waals surface area contributed by atoms with E-state index in [2.05, 4.69) is 26.0 Å². The van der Waals surface area contributed by atoms with Crippen molar-refractivity contribution >= 4 is 33.0 Å². The maximum Gasteiger partial charge on any atom is 0.207 e. The summed E-state index contributed by atoms with van der Waals surface area (Å²) >= 11 is 3.49. The highest BCUT2D eigenvalue weighted by Crippen LogP contribution is 2.29. The summed E-state index contributed by atoms with van der Waals surface area (Å²) in [6.45, 7) is 4.73. The van der Waals surface area contributed by atoms with E-state index in [9.17, 15) is 0 Å². The van der Waals surface area contributed by atoms with Gasteiger partial charge in [0.05, 0.1) is 18.5 Å². The van der Waals surface area contributed by atoms with Crippen LogP contribution < -0.4 is 10.5 Å². The van der Waals surface area contributed by atoms with Crippen LogP contribution in [0.1, 0.15) is 12.6 Å². The average Bonchev–Trinajstić information content (AvgIpc) is 2.94. The van der Waals surface area contributed by atoms with E-state index < -0.39 is 0 Å². The number of aromatic nitrogens is 4. The minimum atomic E-state index is 0.438. The van der Waals surface area contributed by atoms with Crippen LogP contribution in [-0.2, 0) is 6.54 Å². The molecule has 2 N–H and O–H groups in total. The molecule has 110 valence electrons. The molecule has 0 bridgehead atoms. The quantitative estimate of drug-likeness (QED) is 0.789. The Bertz CT molecular complexity index is 820. The second kappa shape index (κ2) is 5.07. The van der Waals surface area contributed by atoms with E-state index in [0.717, 1.165) is 39.3 Å². The van der Waals surface area contributed by atoms with Crippen LogP contribution in [0.3, 0.4) is 0 Å². The number of hydrogen-bond acceptors (Lipinski definition) is 4. The third-order valence-electron chi connectivity index (χ3n) is 3.39. The summed E-state index contributed by atoms with van der Waals surface area (Å²) < 4.78 is 10.0. The average molecular weight is 350 g/mol. The zero-order valence-electron chi connectivity index (χ0n) is 12.1. The first-order valence-corrected chi connectivity index (χ1v) is 7.40. The maximum absolute atomic E-state index is 6.12. The maximum atomic E-state index is 6.12. The molecule has 0 atom stereocenters. The monoisotopic (exact) mass is 349 g/mol. The zero-order chi connectivity index (χ0) is 15.1. The Kier molecular flexibility index (Phi) is 3.36. The van der Waals surface area contributed by atoms with Gasteiger partial charge in [0, 0.05) is 17.1 Å². The molecule has 21 heavy (non-hydrogen) atoms. The van der Waals surface area contributed by atoms with Crippen LogP contribution >= 0.6 is 15.9 Å². The summed E-state index contributed by atoms with van der Waals surface area (Å²) in [7, 11) is 1.64. The third kappa shape index (κ3) is 2.17. The fourth-order valence-electron chi connectivity index (χ4n) is 2.46. The van der Waals surface area contributed by atoms with Crippen molar-refractivity contribution in [2.45, 2.75) is 20.4 Å². The molecule has 0 spiro atoms. The van der Waals surface area contributed by atoms with Crippen molar-refractivity contribution < 1.29 is 4.74 Å². The molecule has 0 amide bonds. The number of imidazole rings is 1. The van der Waals surface area contributed by atoms with Crippen LogP contribution in [0.15, 0.2) is 22.7 Å². The molecule has 0 saturated heterocycles. The van der Waals surface area contributed by atoms with Crippen molar-refractivity contribution in [3.05, 3.63) is 28.4 Å². The van der Waals surface area contributed by atoms with Gasteiger partial charge in [-0.3, -0.25) is 4.57 Å². The van der Waals surface area contributed by atoms with Gasteiger partial charge < -0.3 is 10.5 Å². The van der Waals surface area contributed by atoms with Gasteiger partial charge >= 0.3 is 0 Å². The van der Waals surface area contributed by atoms with Crippen molar-refractivity contribution in [2.24, 2.45) is 0 Å². The lowest BCUT2D eigenvalue weighted by molar-refractivity contribution is 0.414. The van der Waals surface area contributed by atoms with E-state index in [1.165, 1.54) is 0 Å². The number of nitrogens with two attached hydrogens (primary N) is 1. The highest BCUT2D eigenvalue weighted by molar-refractivity contribution is 9.10. The number of methoxy groups -OCH3 is 1. The highest BCUT2D eigenvalue weighted by atomic mass is 79.9. The Morgan fingerprint density at radius 2 is 2.10 bits per heavy atom. The number of rotatable bonds is 3. The van der Waals surface area contributed by atoms with Gasteiger partial charge in [0.25, 0.3) is 0 Å². The van der Waals surface area contributed by atoms with Gasteiger partial charge in [-0.1, -0.05) is 15.9 Å². The lowest BCUT2D eigenvalue weighted by atomic mass is 10.3. The minimum absolute atomic E-state index is 0.438. The molecule has 0 unspecified atom stereocenters. The van der Waals surface area contributed by atoms with Crippen molar-refractivity contribution in [3.63, 3.8) is 0 Å². The molecule has 1 aromatic carbocycles. The number of aryl methyl sites for hydroxylation is 2. The number of ether oxygens (including phenoxy) is 1. The number of hydrogen-bond donors (Lipinski definition) is 1. The molecular weight excluding hydrogens is 334 g/mol. The van der Waals surface area contributed by atoms with Crippen LogP contribution in [0.4, 0.5) is 5.95 Å². The topological polar surface area (TPSA) is 70.9 Å². The predicted octanol–water partition coefficient (Wildman–Crippen LogP) is 2.90. The van der Waals surface area contributed by atoms with Crippen LogP contribution in [0.25, 0.3) is 16.9 Å². The summed E-state index contributed by atoms with van der Waals surface area (Å²) in [4.78, 5) is 4.44. The number of fused-ring (bicyclic) bond motifs is 1. The number of nitrogens with zero attached hydrogens (tertiary/aromatic N) is 4. The van der Waals surface area contributed by atoms with Gasteiger partial charge in [0.2, 0.25) is 5.95 Å². The molecular formula is C14H16BrN5O. The third-order valence-corrected chi connectivity index (χ3v) is 3.84. The number of halogens is 1. The molecule has 3 aromatic rings. The van der Waals surface area contributed by atoms with Crippen LogP contribution in [0.2, 0.25) is 0 Å². The van der Waals surface area contributed by atoms with Crippen molar-refractivity contribution in [3.8, 4) is 11.4 Å². The Balaban J connectivity index is 2.34. The number of anilines is 1.